The molecule has 1 fully saturated rings. The number of hydrogen-bond acceptors (Lipinski definition) is 2. The highest BCUT2D eigenvalue weighted by molar-refractivity contribution is 5.14. The molecule has 1 aliphatic heterocycles. The van der Waals surface area contributed by atoms with Crippen molar-refractivity contribution in [1.29, 1.82) is 0 Å². The van der Waals surface area contributed by atoms with Gasteiger partial charge in [-0.05, 0) is 44.3 Å². The molecule has 3 atom stereocenters. The normalized spacial score (nSPS) is 34.3. The van der Waals surface area contributed by atoms with E-state index in [0.29, 0.717) is 5.92 Å². The quantitative estimate of drug-likeness (QED) is 0.725. The van der Waals surface area contributed by atoms with Gasteiger partial charge in [-0.1, -0.05) is 26.0 Å². The molecule has 0 aromatic rings. The molecule has 1 heterocycles. The van der Waals surface area contributed by atoms with Crippen LogP contribution in [-0.2, 0) is 0 Å². The smallest absolute Gasteiger partial charge is 0.118 e. The van der Waals surface area contributed by atoms with Crippen LogP contribution in [0.15, 0.2) is 24.1 Å². The molecule has 0 saturated carbocycles. The van der Waals surface area contributed by atoms with Crippen LogP contribution in [0, 0.1) is 11.8 Å². The fourth-order valence-corrected chi connectivity index (χ4v) is 2.25. The van der Waals surface area contributed by atoms with Crippen molar-refractivity contribution in [2.75, 3.05) is 13.1 Å². The topological polar surface area (TPSA) is 38.0 Å². The summed E-state index contributed by atoms with van der Waals surface area (Å²) in [6.45, 7) is 7.81. The third-order valence-corrected chi connectivity index (χ3v) is 3.77. The molecule has 3 N–H and O–H groups in total. The minimum absolute atomic E-state index is 0.190. The van der Waals surface area contributed by atoms with Gasteiger partial charge in [0.2, 0.25) is 0 Å². The molecule has 1 rings (SSSR count). The lowest BCUT2D eigenvalue weighted by atomic mass is 9.72. The molecule has 3 unspecified atom stereocenters. The van der Waals surface area contributed by atoms with Crippen molar-refractivity contribution in [2.45, 2.75) is 32.7 Å². The van der Waals surface area contributed by atoms with Gasteiger partial charge in [0.05, 0.1) is 0 Å². The molecule has 1 aliphatic rings. The van der Waals surface area contributed by atoms with E-state index in [0.717, 1.165) is 19.5 Å². The molecule has 0 spiro atoms. The SMILES string of the molecule is CC=C(F)C=CC(C)C1(N)CCNCC1C. The van der Waals surface area contributed by atoms with Crippen molar-refractivity contribution in [1.82, 2.24) is 5.32 Å². The van der Waals surface area contributed by atoms with Gasteiger partial charge in [0.25, 0.3) is 0 Å². The number of allylic oxidation sites excluding steroid dienone is 3. The Morgan fingerprint density at radius 1 is 1.62 bits per heavy atom. The number of nitrogens with one attached hydrogen (secondary N) is 1. The van der Waals surface area contributed by atoms with Gasteiger partial charge in [-0.15, -0.1) is 0 Å². The highest BCUT2D eigenvalue weighted by atomic mass is 19.1. The average molecular weight is 226 g/mol. The first-order chi connectivity index (χ1) is 7.50. The van der Waals surface area contributed by atoms with Crippen LogP contribution >= 0.6 is 0 Å². The Balaban J connectivity index is 2.70. The molecule has 0 aromatic heterocycles. The molecule has 0 aliphatic carbocycles. The van der Waals surface area contributed by atoms with E-state index in [4.69, 9.17) is 5.73 Å². The number of hydrogen-bond donors (Lipinski definition) is 2. The molecule has 3 heteroatoms. The minimum atomic E-state index is -0.213. The standard InChI is InChI=1S/C13H23FN2/c1-4-12(14)6-5-10(2)13(15)7-8-16-9-11(13)3/h4-6,10-11,16H,7-9,15H2,1-3H3. The van der Waals surface area contributed by atoms with Crippen LogP contribution in [0.25, 0.3) is 0 Å². The van der Waals surface area contributed by atoms with Gasteiger partial charge in [0, 0.05) is 5.54 Å². The molecule has 1 saturated heterocycles. The van der Waals surface area contributed by atoms with Crippen LogP contribution in [0.3, 0.4) is 0 Å². The van der Waals surface area contributed by atoms with Gasteiger partial charge in [-0.2, -0.15) is 0 Å². The third kappa shape index (κ3) is 2.92. The zero-order chi connectivity index (χ0) is 12.2. The average Bonchev–Trinajstić information content (AvgIpc) is 2.29. The van der Waals surface area contributed by atoms with Crippen LogP contribution in [-0.4, -0.2) is 18.6 Å². The number of halogens is 1. The van der Waals surface area contributed by atoms with Crippen molar-refractivity contribution < 1.29 is 4.39 Å². The Morgan fingerprint density at radius 2 is 2.31 bits per heavy atom. The largest absolute Gasteiger partial charge is 0.324 e. The first-order valence-electron chi connectivity index (χ1n) is 6.00. The molecular formula is C13H23FN2. The van der Waals surface area contributed by atoms with E-state index >= 15 is 0 Å². The Hall–Kier alpha value is -0.670. The molecule has 2 nitrogen and oxygen atoms in total. The Morgan fingerprint density at radius 3 is 2.88 bits per heavy atom. The lowest BCUT2D eigenvalue weighted by Gasteiger charge is -2.43. The maximum atomic E-state index is 13.0. The highest BCUT2D eigenvalue weighted by Gasteiger charge is 2.37. The van der Waals surface area contributed by atoms with Gasteiger partial charge >= 0.3 is 0 Å². The van der Waals surface area contributed by atoms with Crippen LogP contribution < -0.4 is 11.1 Å². The monoisotopic (exact) mass is 226 g/mol. The van der Waals surface area contributed by atoms with Gasteiger partial charge < -0.3 is 11.1 Å². The van der Waals surface area contributed by atoms with Crippen molar-refractivity contribution in [2.24, 2.45) is 17.6 Å². The molecule has 0 bridgehead atoms. The fraction of sp³-hybridized carbons (Fsp3) is 0.692. The summed E-state index contributed by atoms with van der Waals surface area (Å²) < 4.78 is 13.0. The first-order valence-corrected chi connectivity index (χ1v) is 6.00. The molecule has 0 amide bonds. The van der Waals surface area contributed by atoms with Crippen molar-refractivity contribution in [3.63, 3.8) is 0 Å². The van der Waals surface area contributed by atoms with E-state index < -0.39 is 0 Å². The summed E-state index contributed by atoms with van der Waals surface area (Å²) in [6.07, 6.45) is 5.81. The van der Waals surface area contributed by atoms with E-state index in [1.807, 2.05) is 6.08 Å². The Labute approximate surface area is 97.8 Å². The van der Waals surface area contributed by atoms with Crippen molar-refractivity contribution in [3.05, 3.63) is 24.1 Å². The number of piperidine rings is 1. The fourth-order valence-electron chi connectivity index (χ4n) is 2.25. The predicted molar refractivity (Wildman–Crippen MR) is 66.7 cm³/mol. The van der Waals surface area contributed by atoms with E-state index in [2.05, 4.69) is 19.2 Å². The summed E-state index contributed by atoms with van der Waals surface area (Å²) in [6, 6.07) is 0. The van der Waals surface area contributed by atoms with Gasteiger partial charge in [0.1, 0.15) is 5.83 Å². The highest BCUT2D eigenvalue weighted by Crippen LogP contribution is 2.30. The number of nitrogens with two attached hydrogens (primary N) is 1. The maximum absolute atomic E-state index is 13.0. The van der Waals surface area contributed by atoms with E-state index in [-0.39, 0.29) is 17.3 Å². The Bertz CT molecular complexity index is 286. The lowest BCUT2D eigenvalue weighted by Crippen LogP contribution is -2.58. The van der Waals surface area contributed by atoms with Crippen LogP contribution in [0.2, 0.25) is 0 Å². The maximum Gasteiger partial charge on any atom is 0.118 e. The third-order valence-electron chi connectivity index (χ3n) is 3.77. The zero-order valence-corrected chi connectivity index (χ0v) is 10.5. The summed E-state index contributed by atoms with van der Waals surface area (Å²) >= 11 is 0. The zero-order valence-electron chi connectivity index (χ0n) is 10.5. The second-order valence-corrected chi connectivity index (χ2v) is 4.79. The molecular weight excluding hydrogens is 203 g/mol. The molecule has 0 aromatic carbocycles. The van der Waals surface area contributed by atoms with Crippen LogP contribution in [0.4, 0.5) is 4.39 Å². The van der Waals surface area contributed by atoms with Crippen LogP contribution in [0.5, 0.6) is 0 Å². The lowest BCUT2D eigenvalue weighted by molar-refractivity contribution is 0.175. The Kier molecular flexibility index (Phi) is 4.69. The summed E-state index contributed by atoms with van der Waals surface area (Å²) in [5.74, 6) is 0.405. The van der Waals surface area contributed by atoms with Gasteiger partial charge in [-0.3, -0.25) is 0 Å². The van der Waals surface area contributed by atoms with Gasteiger partial charge in [-0.25, -0.2) is 4.39 Å². The van der Waals surface area contributed by atoms with Crippen LogP contribution in [0.1, 0.15) is 27.2 Å². The summed E-state index contributed by atoms with van der Waals surface area (Å²) in [7, 11) is 0. The van der Waals surface area contributed by atoms with E-state index in [1.165, 1.54) is 12.2 Å². The summed E-state index contributed by atoms with van der Waals surface area (Å²) in [4.78, 5) is 0. The van der Waals surface area contributed by atoms with Crippen molar-refractivity contribution >= 4 is 0 Å². The number of rotatable bonds is 3. The summed E-state index contributed by atoms with van der Waals surface area (Å²) in [5.41, 5.74) is 6.23. The predicted octanol–water partition coefficient (Wildman–Crippen LogP) is 2.38. The van der Waals surface area contributed by atoms with Crippen molar-refractivity contribution in [3.8, 4) is 0 Å². The summed E-state index contributed by atoms with van der Waals surface area (Å²) in [5, 5.41) is 3.33. The molecule has 16 heavy (non-hydrogen) atoms. The van der Waals surface area contributed by atoms with E-state index in [1.54, 1.807) is 6.92 Å². The second kappa shape index (κ2) is 5.60. The molecule has 92 valence electrons. The van der Waals surface area contributed by atoms with E-state index in [9.17, 15) is 4.39 Å². The van der Waals surface area contributed by atoms with Gasteiger partial charge in [0.15, 0.2) is 0 Å². The first kappa shape index (κ1) is 13.4. The second-order valence-electron chi connectivity index (χ2n) is 4.79. The minimum Gasteiger partial charge on any atom is -0.324 e. The molecule has 0 radical (unpaired) electrons.